The fourth-order valence-corrected chi connectivity index (χ4v) is 13.9. The van der Waals surface area contributed by atoms with E-state index in [1.54, 1.807) is 19.1 Å². The van der Waals surface area contributed by atoms with Gasteiger partial charge in [-0.15, -0.1) is 0 Å². The lowest BCUT2D eigenvalue weighted by molar-refractivity contribution is -0.129. The fourth-order valence-electron chi connectivity index (χ4n) is 13.8. The summed E-state index contributed by atoms with van der Waals surface area (Å²) in [6.45, 7) is 21.6. The van der Waals surface area contributed by atoms with Gasteiger partial charge in [-0.1, -0.05) is 55.0 Å². The molecule has 0 fully saturated rings. The van der Waals surface area contributed by atoms with Gasteiger partial charge in [0, 0.05) is 105 Å². The van der Waals surface area contributed by atoms with Gasteiger partial charge >= 0.3 is 5.97 Å². The Morgan fingerprint density at radius 2 is 0.819 bits per heavy atom. The van der Waals surface area contributed by atoms with E-state index in [0.717, 1.165) is 35.7 Å². The number of ketones is 2. The zero-order valence-corrected chi connectivity index (χ0v) is 87.3. The van der Waals surface area contributed by atoms with Crippen LogP contribution in [0.3, 0.4) is 0 Å². The number of unbranched alkanes of at least 4 members (excludes halogenated alkanes) is 2. The second-order valence-corrected chi connectivity index (χ2v) is 33.4. The Labute approximate surface area is 877 Å². The fraction of sp³-hybridized carbons (Fsp3) is 0.629. The number of carbonyl (C=O) groups excluding carboxylic acids is 8. The average molecular weight is 2120 g/mol. The lowest BCUT2D eigenvalue weighted by Crippen LogP contribution is -2.44. The van der Waals surface area contributed by atoms with E-state index in [1.165, 1.54) is 42.5 Å². The molecule has 43 nitrogen and oxygen atoms in total. The molecule has 0 bridgehead atoms. The summed E-state index contributed by atoms with van der Waals surface area (Å²) in [6.07, 6.45) is 5.17. The third kappa shape index (κ3) is 66.6. The Balaban J connectivity index is 0.000000658. The zero-order chi connectivity index (χ0) is 107. The molecule has 1 aliphatic heterocycles. The van der Waals surface area contributed by atoms with Crippen molar-refractivity contribution in [2.24, 2.45) is 16.6 Å². The maximum Gasteiger partial charge on any atom is 0.336 e. The highest BCUT2D eigenvalue weighted by Crippen LogP contribution is 2.42. The van der Waals surface area contributed by atoms with E-state index in [-0.39, 0.29) is 160 Å². The van der Waals surface area contributed by atoms with Crippen LogP contribution in [0.2, 0.25) is 0 Å². The third-order valence-corrected chi connectivity index (χ3v) is 21.6. The number of amides is 6. The summed E-state index contributed by atoms with van der Waals surface area (Å²) in [5.74, 6) is -3.39. The van der Waals surface area contributed by atoms with Gasteiger partial charge in [0.05, 0.1) is 308 Å². The van der Waals surface area contributed by atoms with Crippen LogP contribution in [0.15, 0.2) is 111 Å². The molecule has 6 amide bonds. The minimum absolute atomic E-state index is 0.0140. The second kappa shape index (κ2) is 88.7. The molecule has 0 aromatic heterocycles. The molecule has 2 aliphatic rings. The van der Waals surface area contributed by atoms with Gasteiger partial charge in [-0.2, -0.15) is 0 Å². The number of isothiocyanates is 1. The van der Waals surface area contributed by atoms with E-state index in [1.807, 2.05) is 49.5 Å². The molecule has 1 heterocycles. The lowest BCUT2D eigenvalue weighted by atomic mass is 9.90. The van der Waals surface area contributed by atoms with Gasteiger partial charge in [0.15, 0.2) is 5.43 Å². The summed E-state index contributed by atoms with van der Waals surface area (Å²) in [7, 11) is 1.84. The molecule has 834 valence electrons. The number of benzene rings is 5. The number of hydrogen-bond acceptors (Lipinski definition) is 37. The number of Topliss-reactive ketones (excluding diaryl/α,β-unsaturated/α-hetero) is 2. The number of primary amides is 1. The number of aliphatic imine (C=N–C) groups is 1. The van der Waals surface area contributed by atoms with Gasteiger partial charge in [-0.05, 0) is 123 Å². The van der Waals surface area contributed by atoms with Crippen LogP contribution in [-0.2, 0) is 144 Å². The standard InChI is InChI=1S/C70H118N4O25S.C35H40N4O10/c1-62(75)11-18-80-24-30-86-37-42-92-46-50-96-54-56-98-52-48-94-44-40-90-34-28-84-22-16-73-69(78)13-20-82-26-32-88-38-43-93-47-51-97-55-57-99-53-49-95-45-41-91-35-29-85-23-17-74-70(79)66(60-67(76)59-63-9-10-64-6-2-3-7-65(64)58-63)8-4-5-14-72-68(77)12-19-81-25-31-87-36-39-89-33-27-83-21-15-71-61-100;1-37-12-3-2-4-28(33(36)43)39-31(42)11-14-47-16-17-48-15-13-38-34(44)21-5-8-24(27(18-21)35(45)46)32-25-9-6-22(40)19-29(25)49-30-20-23(41)7-10-26(30)32/h2-3,6-7,9-10,58,66H,4-5,8,11-57,59-60H2,1H3,(H,72,77)(H,73,78)(H,74,79);5-10,18-20,28,37,40H,2-4,11-17H2,1H3,(H2,36,43)(H,38,44)(H,39,42)(H,45,46). The largest absolute Gasteiger partial charge is 0.508 e. The van der Waals surface area contributed by atoms with E-state index in [9.17, 15) is 58.2 Å². The van der Waals surface area contributed by atoms with Crippen molar-refractivity contribution in [3.63, 3.8) is 0 Å². The molecular formula is C105H158N8O35S. The number of fused-ring (bicyclic) bond motifs is 3. The predicted molar refractivity (Wildman–Crippen MR) is 555 cm³/mol. The van der Waals surface area contributed by atoms with Crippen molar-refractivity contribution in [2.75, 3.05) is 337 Å². The van der Waals surface area contributed by atoms with E-state index in [4.69, 9.17) is 114 Å². The molecule has 10 N–H and O–H groups in total. The molecule has 4 aromatic carbocycles. The van der Waals surface area contributed by atoms with Gasteiger partial charge in [0.2, 0.25) is 29.5 Å². The summed E-state index contributed by atoms with van der Waals surface area (Å²) in [4.78, 5) is 127. The summed E-state index contributed by atoms with van der Waals surface area (Å²) < 4.78 is 127. The maximum absolute atomic E-state index is 13.4. The van der Waals surface area contributed by atoms with Crippen LogP contribution in [0.1, 0.15) is 104 Å². The average Bonchev–Trinajstić information content (AvgIpc) is 0.745. The number of carboxylic acids is 1. The van der Waals surface area contributed by atoms with Gasteiger partial charge in [-0.25, -0.2) is 9.79 Å². The number of aromatic carboxylic acids is 1. The van der Waals surface area contributed by atoms with E-state index < -0.39 is 29.7 Å². The second-order valence-electron chi connectivity index (χ2n) is 33.2. The first-order valence-electron chi connectivity index (χ1n) is 51.0. The first-order chi connectivity index (χ1) is 72.9. The molecule has 0 radical (unpaired) electrons. The number of ether oxygens (including phenoxy) is 22. The van der Waals surface area contributed by atoms with Crippen LogP contribution < -0.4 is 43.1 Å². The van der Waals surface area contributed by atoms with Crippen molar-refractivity contribution in [3.8, 4) is 28.2 Å². The lowest BCUT2D eigenvalue weighted by Gasteiger charge is -2.17. The number of phenolic OH excluding ortho intramolecular Hbond substituents is 1. The third-order valence-electron chi connectivity index (χ3n) is 21.4. The number of thiocarbonyl (C=S) groups is 1. The maximum atomic E-state index is 13.4. The molecule has 44 heteroatoms. The number of carboxylic acid groups (broad SMARTS) is 1. The van der Waals surface area contributed by atoms with E-state index in [0.29, 0.717) is 318 Å². The molecule has 2 atom stereocenters. The van der Waals surface area contributed by atoms with Crippen LogP contribution in [0.5, 0.6) is 5.75 Å². The summed E-state index contributed by atoms with van der Waals surface area (Å²) in [6, 6.07) is 26.2. The number of nitrogens with one attached hydrogen (secondary N) is 6. The Hall–Kier alpha value is -9.86. The highest BCUT2D eigenvalue weighted by Gasteiger charge is 2.26. The molecule has 0 saturated carbocycles. The molecule has 6 rings (SSSR count). The van der Waals surface area contributed by atoms with Crippen LogP contribution in [-0.4, -0.2) is 411 Å². The van der Waals surface area contributed by atoms with Gasteiger partial charge < -0.3 is 156 Å². The van der Waals surface area contributed by atoms with Gasteiger partial charge in [0.25, 0.3) is 5.91 Å². The smallest absolute Gasteiger partial charge is 0.336 e. The zero-order valence-electron chi connectivity index (χ0n) is 86.5. The quantitative estimate of drug-likeness (QED) is 0.00894. The van der Waals surface area contributed by atoms with Crippen molar-refractivity contribution in [1.29, 1.82) is 0 Å². The Kier molecular flexibility index (Phi) is 77.1. The minimum atomic E-state index is -1.26. The number of rotatable bonds is 98. The van der Waals surface area contributed by atoms with Crippen LogP contribution >= 0.6 is 12.2 Å². The SMILES string of the molecule is CC(=O)CCOCCOCCOCCOCCOCCOCCOCCOCCNC(=O)CCOCCOCCOCCOCCOCCOCCOCCOCCNC(=O)C(CCCCNC(=O)CCOCCOCCOCCOCCN=C=S)CC(=O)Cc1ccc2ccccc2c1.CNCCCCC(NC(=O)CCOCCOCCNC(=O)c1ccc(-c2c3ccc(=O)cc-3oc3cc(O)ccc23)c(C(=O)O)c1)C(N)=O. The molecule has 149 heavy (non-hydrogen) atoms. The van der Waals surface area contributed by atoms with Crippen LogP contribution in [0.4, 0.5) is 0 Å². The topological polar surface area (TPSA) is 538 Å². The molecule has 1 aliphatic carbocycles. The summed E-state index contributed by atoms with van der Waals surface area (Å²) in [5, 5.41) is 42.1. The van der Waals surface area contributed by atoms with Crippen molar-refractivity contribution >= 4 is 92.1 Å². The first-order valence-corrected chi connectivity index (χ1v) is 51.4. The number of aromatic hydroxyl groups is 1. The number of carbonyl (C=O) groups is 9. The highest BCUT2D eigenvalue weighted by molar-refractivity contribution is 7.78. The summed E-state index contributed by atoms with van der Waals surface area (Å²) >= 11 is 4.51. The highest BCUT2D eigenvalue weighted by atomic mass is 32.1. The number of nitrogens with two attached hydrogens (primary N) is 1. The molecule has 2 unspecified atom stereocenters. The Bertz CT molecular complexity index is 4690. The van der Waals surface area contributed by atoms with E-state index >= 15 is 0 Å². The monoisotopic (exact) mass is 2120 g/mol. The van der Waals surface area contributed by atoms with Gasteiger partial charge in [-0.3, -0.25) is 43.2 Å². The Morgan fingerprint density at radius 3 is 1.28 bits per heavy atom. The van der Waals surface area contributed by atoms with Gasteiger partial charge in [0.1, 0.15) is 34.7 Å². The van der Waals surface area contributed by atoms with Crippen molar-refractivity contribution in [2.45, 2.75) is 90.0 Å². The van der Waals surface area contributed by atoms with Crippen molar-refractivity contribution < 1.29 is 162 Å². The number of hydrogen-bond donors (Lipinski definition) is 9. The van der Waals surface area contributed by atoms with Crippen molar-refractivity contribution in [3.05, 3.63) is 124 Å². The van der Waals surface area contributed by atoms with Crippen LogP contribution in [0.25, 0.3) is 44.2 Å². The number of phenols is 1. The van der Waals surface area contributed by atoms with Crippen molar-refractivity contribution in [1.82, 2.24) is 31.9 Å². The van der Waals surface area contributed by atoms with Crippen LogP contribution in [0, 0.1) is 5.92 Å². The molecular weight excluding hydrogens is 1970 g/mol. The Morgan fingerprint density at radius 1 is 0.409 bits per heavy atom. The summed E-state index contributed by atoms with van der Waals surface area (Å²) in [5.41, 5.74) is 7.49. The predicted octanol–water partition coefficient (Wildman–Crippen LogP) is 6.15. The normalized spacial score (nSPS) is 11.7. The minimum Gasteiger partial charge on any atom is -0.508 e. The molecule has 4 aromatic rings. The first kappa shape index (κ1) is 130. The molecule has 0 spiro atoms. The number of nitrogens with zero attached hydrogens (tertiary/aromatic N) is 1. The van der Waals surface area contributed by atoms with E-state index in [2.05, 4.69) is 54.3 Å². The molecule has 0 saturated heterocycles.